The molecule has 2 rings (SSSR count). The van der Waals surface area contributed by atoms with Crippen molar-refractivity contribution in [1.29, 1.82) is 0 Å². The molecule has 0 aliphatic heterocycles. The van der Waals surface area contributed by atoms with E-state index in [4.69, 9.17) is 5.11 Å². The molecule has 4 nitrogen and oxygen atoms in total. The van der Waals surface area contributed by atoms with E-state index in [1.807, 2.05) is 0 Å². The fourth-order valence-electron chi connectivity index (χ4n) is 1.86. The summed E-state index contributed by atoms with van der Waals surface area (Å²) in [6.07, 6.45) is -3.33. The lowest BCUT2D eigenvalue weighted by molar-refractivity contribution is -0.138. The van der Waals surface area contributed by atoms with Gasteiger partial charge in [-0.25, -0.2) is 9.78 Å². The quantitative estimate of drug-likeness (QED) is 0.921. The lowest BCUT2D eigenvalue weighted by Crippen LogP contribution is -2.14. The van der Waals surface area contributed by atoms with Crippen LogP contribution in [-0.2, 0) is 6.18 Å². The summed E-state index contributed by atoms with van der Waals surface area (Å²) >= 11 is 0. The van der Waals surface area contributed by atoms with Gasteiger partial charge in [-0.15, -0.1) is 0 Å². The first-order chi connectivity index (χ1) is 9.21. The van der Waals surface area contributed by atoms with Crippen molar-refractivity contribution < 1.29 is 23.1 Å². The predicted molar refractivity (Wildman–Crippen MR) is 65.0 cm³/mol. The second-order valence-corrected chi connectivity index (χ2v) is 4.32. The van der Waals surface area contributed by atoms with E-state index in [0.717, 1.165) is 12.1 Å². The van der Waals surface area contributed by atoms with E-state index in [9.17, 15) is 18.0 Å². The summed E-state index contributed by atoms with van der Waals surface area (Å²) in [4.78, 5) is 14.9. The molecule has 2 aromatic rings. The molecule has 0 radical (unpaired) electrons. The van der Waals surface area contributed by atoms with Crippen LogP contribution in [0.1, 0.15) is 27.3 Å². The number of benzene rings is 1. The van der Waals surface area contributed by atoms with Crippen LogP contribution in [-0.4, -0.2) is 20.6 Å². The number of nitrogens with zero attached hydrogens (tertiary/aromatic N) is 2. The van der Waals surface area contributed by atoms with Gasteiger partial charge in [0.2, 0.25) is 0 Å². The van der Waals surface area contributed by atoms with Crippen LogP contribution in [0, 0.1) is 13.8 Å². The van der Waals surface area contributed by atoms with Crippen molar-refractivity contribution in [3.63, 3.8) is 0 Å². The number of hydrogen-bond donors (Lipinski definition) is 1. The second-order valence-electron chi connectivity index (χ2n) is 4.32. The summed E-state index contributed by atoms with van der Waals surface area (Å²) < 4.78 is 40.2. The molecule has 1 N–H and O–H groups in total. The third-order valence-electron chi connectivity index (χ3n) is 3.07. The standard InChI is InChI=1S/C13H11F3N2O2/c1-7-8(2)18(6-17-7)9-3-4-10(12(19)20)11(5-9)13(14,15)16/h3-6H,1-2H3,(H,19,20). The molecule has 0 spiro atoms. The van der Waals surface area contributed by atoms with Crippen LogP contribution in [0.3, 0.4) is 0 Å². The van der Waals surface area contributed by atoms with Gasteiger partial charge in [0.1, 0.15) is 0 Å². The monoisotopic (exact) mass is 284 g/mol. The van der Waals surface area contributed by atoms with Crippen LogP contribution in [0.4, 0.5) is 13.2 Å². The Morgan fingerprint density at radius 2 is 1.95 bits per heavy atom. The Hall–Kier alpha value is -2.31. The lowest BCUT2D eigenvalue weighted by Gasteiger charge is -2.13. The molecule has 0 amide bonds. The van der Waals surface area contributed by atoms with E-state index in [0.29, 0.717) is 11.4 Å². The van der Waals surface area contributed by atoms with Crippen LogP contribution < -0.4 is 0 Å². The van der Waals surface area contributed by atoms with Gasteiger partial charge in [-0.3, -0.25) is 0 Å². The largest absolute Gasteiger partial charge is 0.478 e. The number of hydrogen-bond acceptors (Lipinski definition) is 2. The number of aryl methyl sites for hydroxylation is 1. The highest BCUT2D eigenvalue weighted by molar-refractivity contribution is 5.90. The van der Waals surface area contributed by atoms with Crippen LogP contribution in [0.5, 0.6) is 0 Å². The third-order valence-corrected chi connectivity index (χ3v) is 3.07. The van der Waals surface area contributed by atoms with Crippen LogP contribution in [0.25, 0.3) is 5.69 Å². The predicted octanol–water partition coefficient (Wildman–Crippen LogP) is 3.21. The zero-order valence-corrected chi connectivity index (χ0v) is 10.7. The molecule has 0 saturated carbocycles. The number of carbonyl (C=O) groups is 1. The van der Waals surface area contributed by atoms with Crippen molar-refractivity contribution in [2.24, 2.45) is 0 Å². The van der Waals surface area contributed by atoms with E-state index in [1.165, 1.54) is 17.0 Å². The fraction of sp³-hybridized carbons (Fsp3) is 0.231. The van der Waals surface area contributed by atoms with Crippen molar-refractivity contribution in [1.82, 2.24) is 9.55 Å². The Kier molecular flexibility index (Phi) is 3.29. The zero-order valence-electron chi connectivity index (χ0n) is 10.7. The van der Waals surface area contributed by atoms with Crippen molar-refractivity contribution in [3.05, 3.63) is 47.0 Å². The number of aromatic nitrogens is 2. The summed E-state index contributed by atoms with van der Waals surface area (Å²) in [5, 5.41) is 8.83. The smallest absolute Gasteiger partial charge is 0.417 e. The van der Waals surface area contributed by atoms with Gasteiger partial charge in [0, 0.05) is 11.4 Å². The molecule has 1 heterocycles. The minimum Gasteiger partial charge on any atom is -0.478 e. The minimum absolute atomic E-state index is 0.223. The van der Waals surface area contributed by atoms with E-state index >= 15 is 0 Å². The zero-order chi connectivity index (χ0) is 15.1. The number of aromatic carboxylic acids is 1. The number of rotatable bonds is 2. The van der Waals surface area contributed by atoms with Gasteiger partial charge in [-0.1, -0.05) is 0 Å². The van der Waals surface area contributed by atoms with Crippen molar-refractivity contribution >= 4 is 5.97 Å². The number of carboxylic acid groups (broad SMARTS) is 1. The number of alkyl halides is 3. The van der Waals surface area contributed by atoms with Gasteiger partial charge in [-0.2, -0.15) is 13.2 Å². The molecule has 0 saturated heterocycles. The third kappa shape index (κ3) is 2.38. The molecule has 106 valence electrons. The molecule has 1 aromatic heterocycles. The van der Waals surface area contributed by atoms with Gasteiger partial charge >= 0.3 is 12.1 Å². The van der Waals surface area contributed by atoms with Crippen molar-refractivity contribution in [2.75, 3.05) is 0 Å². The molecule has 7 heteroatoms. The Morgan fingerprint density at radius 1 is 1.30 bits per heavy atom. The summed E-state index contributed by atoms with van der Waals surface area (Å²) in [6.45, 7) is 3.46. The Morgan fingerprint density at radius 3 is 2.40 bits per heavy atom. The topological polar surface area (TPSA) is 55.1 Å². The average molecular weight is 284 g/mol. The first-order valence-electron chi connectivity index (χ1n) is 5.67. The van der Waals surface area contributed by atoms with E-state index in [-0.39, 0.29) is 5.69 Å². The van der Waals surface area contributed by atoms with Gasteiger partial charge in [-0.05, 0) is 32.0 Å². The molecule has 0 unspecified atom stereocenters. The molecule has 20 heavy (non-hydrogen) atoms. The number of imidazole rings is 1. The fourth-order valence-corrected chi connectivity index (χ4v) is 1.86. The first-order valence-corrected chi connectivity index (χ1v) is 5.67. The van der Waals surface area contributed by atoms with Crippen molar-refractivity contribution in [2.45, 2.75) is 20.0 Å². The maximum atomic E-state index is 12.9. The van der Waals surface area contributed by atoms with E-state index in [2.05, 4.69) is 4.98 Å². The molecule has 0 aliphatic rings. The van der Waals surface area contributed by atoms with Gasteiger partial charge < -0.3 is 9.67 Å². The maximum Gasteiger partial charge on any atom is 0.417 e. The molecular formula is C13H11F3N2O2. The maximum absolute atomic E-state index is 12.9. The molecule has 0 fully saturated rings. The highest BCUT2D eigenvalue weighted by atomic mass is 19.4. The SMILES string of the molecule is Cc1ncn(-c2ccc(C(=O)O)c(C(F)(F)F)c2)c1C. The Balaban J connectivity index is 2.64. The molecule has 0 bridgehead atoms. The van der Waals surface area contributed by atoms with Gasteiger partial charge in [0.25, 0.3) is 0 Å². The summed E-state index contributed by atoms with van der Waals surface area (Å²) in [7, 11) is 0. The summed E-state index contributed by atoms with van der Waals surface area (Å²) in [5.74, 6) is -1.61. The Labute approximate surface area is 112 Å². The average Bonchev–Trinajstić information content (AvgIpc) is 2.68. The van der Waals surface area contributed by atoms with Gasteiger partial charge in [0.15, 0.2) is 0 Å². The minimum atomic E-state index is -4.73. The number of halogens is 3. The Bertz CT molecular complexity index is 675. The van der Waals surface area contributed by atoms with Crippen molar-refractivity contribution in [3.8, 4) is 5.69 Å². The molecular weight excluding hydrogens is 273 g/mol. The molecule has 1 aromatic carbocycles. The molecule has 0 atom stereocenters. The molecule has 0 aliphatic carbocycles. The summed E-state index contributed by atoms with van der Waals surface area (Å²) in [5.41, 5.74) is -0.327. The first kappa shape index (κ1) is 14.1. The highest BCUT2D eigenvalue weighted by Gasteiger charge is 2.35. The number of carboxylic acids is 1. The summed E-state index contributed by atoms with van der Waals surface area (Å²) in [6, 6.07) is 3.10. The normalized spacial score (nSPS) is 11.7. The van der Waals surface area contributed by atoms with Crippen LogP contribution in [0.15, 0.2) is 24.5 Å². The highest BCUT2D eigenvalue weighted by Crippen LogP contribution is 2.33. The van der Waals surface area contributed by atoms with Gasteiger partial charge in [0.05, 0.1) is 23.1 Å². The second kappa shape index (κ2) is 4.66. The van der Waals surface area contributed by atoms with E-state index < -0.39 is 23.3 Å². The van der Waals surface area contributed by atoms with E-state index in [1.54, 1.807) is 13.8 Å². The van der Waals surface area contributed by atoms with Crippen LogP contribution >= 0.6 is 0 Å². The van der Waals surface area contributed by atoms with Crippen LogP contribution in [0.2, 0.25) is 0 Å². The lowest BCUT2D eigenvalue weighted by atomic mass is 10.1.